The number of hydrogen-bond acceptors (Lipinski definition) is 4. The van der Waals surface area contributed by atoms with Gasteiger partial charge in [0.15, 0.2) is 11.4 Å². The van der Waals surface area contributed by atoms with Crippen LogP contribution in [-0.2, 0) is 0 Å². The highest BCUT2D eigenvalue weighted by atomic mass is 16.3. The van der Waals surface area contributed by atoms with Gasteiger partial charge in [-0.05, 0) is 44.4 Å². The molecule has 0 aliphatic heterocycles. The molecule has 136 valence electrons. The van der Waals surface area contributed by atoms with E-state index in [0.717, 1.165) is 11.3 Å². The summed E-state index contributed by atoms with van der Waals surface area (Å²) in [7, 11) is 0. The molecule has 2 aromatic rings. The van der Waals surface area contributed by atoms with Crippen molar-refractivity contribution in [3.63, 3.8) is 0 Å². The highest BCUT2D eigenvalue weighted by Gasteiger charge is 2.26. The second-order valence-corrected chi connectivity index (χ2v) is 7.19. The van der Waals surface area contributed by atoms with E-state index in [9.17, 15) is 15.0 Å². The number of amides is 1. The van der Waals surface area contributed by atoms with Crippen molar-refractivity contribution >= 4 is 5.91 Å². The maximum Gasteiger partial charge on any atom is 0.278 e. The Labute approximate surface area is 148 Å². The number of aliphatic hydroxyl groups is 1. The smallest absolute Gasteiger partial charge is 0.278 e. The molecule has 0 radical (unpaired) electrons. The van der Waals surface area contributed by atoms with Crippen LogP contribution in [0.4, 0.5) is 0 Å². The van der Waals surface area contributed by atoms with Crippen molar-refractivity contribution in [2.24, 2.45) is 0 Å². The van der Waals surface area contributed by atoms with Gasteiger partial charge < -0.3 is 15.1 Å². The lowest BCUT2D eigenvalue weighted by molar-refractivity contribution is 0.0309. The van der Waals surface area contributed by atoms with Gasteiger partial charge in [0.25, 0.3) is 5.91 Å². The van der Waals surface area contributed by atoms with Crippen LogP contribution in [0.2, 0.25) is 0 Å². The Morgan fingerprint density at radius 2 is 2.04 bits per heavy atom. The lowest BCUT2D eigenvalue weighted by Gasteiger charge is -2.27. The van der Waals surface area contributed by atoms with Crippen molar-refractivity contribution < 1.29 is 15.0 Å². The minimum absolute atomic E-state index is 0.0129. The first kappa shape index (κ1) is 19.0. The number of benzene rings is 1. The predicted octanol–water partition coefficient (Wildman–Crippen LogP) is 2.93. The molecule has 2 rings (SSSR count). The number of hydrogen-bond donors (Lipinski definition) is 2. The zero-order valence-electron chi connectivity index (χ0n) is 15.5. The summed E-state index contributed by atoms with van der Waals surface area (Å²) in [5.74, 6) is -0.206. The largest absolute Gasteiger partial charge is 0.504 e. The van der Waals surface area contributed by atoms with Gasteiger partial charge in [-0.3, -0.25) is 4.79 Å². The number of carbonyl (C=O) groups excluding carboxylic acids is 1. The number of likely N-dealkylation sites (N-methyl/N-ethyl adjacent to an activating group) is 1. The highest BCUT2D eigenvalue weighted by Crippen LogP contribution is 2.23. The molecule has 25 heavy (non-hydrogen) atoms. The third kappa shape index (κ3) is 4.60. The maximum atomic E-state index is 12.7. The topological polar surface area (TPSA) is 78.6 Å². The molecule has 0 bridgehead atoms. The van der Waals surface area contributed by atoms with Crippen LogP contribution in [-0.4, -0.2) is 49.5 Å². The second-order valence-electron chi connectivity index (χ2n) is 7.19. The van der Waals surface area contributed by atoms with Crippen LogP contribution in [0.5, 0.6) is 5.75 Å². The lowest BCUT2D eigenvalue weighted by atomic mass is 10.0. The van der Waals surface area contributed by atoms with E-state index in [-0.39, 0.29) is 18.0 Å². The van der Waals surface area contributed by atoms with E-state index < -0.39 is 11.5 Å². The van der Waals surface area contributed by atoms with Crippen molar-refractivity contribution in [3.8, 4) is 11.4 Å². The Hall–Kier alpha value is -2.34. The summed E-state index contributed by atoms with van der Waals surface area (Å²) in [6.45, 7) is 9.88. The van der Waals surface area contributed by atoms with Gasteiger partial charge in [-0.2, -0.15) is 5.10 Å². The zero-order valence-corrected chi connectivity index (χ0v) is 15.5. The molecule has 1 aromatic carbocycles. The highest BCUT2D eigenvalue weighted by molar-refractivity contribution is 5.94. The molecule has 0 aliphatic rings. The van der Waals surface area contributed by atoms with Gasteiger partial charge in [0, 0.05) is 13.1 Å². The van der Waals surface area contributed by atoms with Gasteiger partial charge in [0.1, 0.15) is 0 Å². The Bertz CT molecular complexity index is 745. The molecule has 0 fully saturated rings. The first-order valence-corrected chi connectivity index (χ1v) is 8.53. The molecule has 0 saturated heterocycles. The molecule has 6 heteroatoms. The van der Waals surface area contributed by atoms with E-state index in [4.69, 9.17) is 0 Å². The Morgan fingerprint density at radius 1 is 1.36 bits per heavy atom. The van der Waals surface area contributed by atoms with Crippen LogP contribution >= 0.6 is 0 Å². The maximum absolute atomic E-state index is 12.7. The van der Waals surface area contributed by atoms with E-state index in [1.54, 1.807) is 13.8 Å². The summed E-state index contributed by atoms with van der Waals surface area (Å²) in [6, 6.07) is 7.82. The third-order valence-corrected chi connectivity index (χ3v) is 3.95. The Balaban J connectivity index is 2.33. The average Bonchev–Trinajstić information content (AvgIpc) is 2.93. The summed E-state index contributed by atoms with van der Waals surface area (Å²) >= 11 is 0. The minimum Gasteiger partial charge on any atom is -0.504 e. The van der Waals surface area contributed by atoms with Gasteiger partial charge in [-0.15, -0.1) is 0 Å². The molecule has 1 aromatic heterocycles. The third-order valence-electron chi connectivity index (χ3n) is 3.95. The molecule has 0 unspecified atom stereocenters. The van der Waals surface area contributed by atoms with Crippen LogP contribution in [0.25, 0.3) is 5.69 Å². The molecule has 0 aliphatic carbocycles. The fraction of sp³-hybridized carbons (Fsp3) is 0.474. The number of aromatic hydroxyl groups is 1. The Morgan fingerprint density at radius 3 is 2.60 bits per heavy atom. The van der Waals surface area contributed by atoms with E-state index >= 15 is 0 Å². The van der Waals surface area contributed by atoms with Gasteiger partial charge in [0.05, 0.1) is 17.5 Å². The molecule has 0 spiro atoms. The molecule has 6 nitrogen and oxygen atoms in total. The Kier molecular flexibility index (Phi) is 5.52. The zero-order chi connectivity index (χ0) is 18.8. The van der Waals surface area contributed by atoms with Crippen molar-refractivity contribution in [3.05, 3.63) is 41.7 Å². The predicted molar refractivity (Wildman–Crippen MR) is 97.2 cm³/mol. The summed E-state index contributed by atoms with van der Waals surface area (Å²) in [5, 5.41) is 24.4. The van der Waals surface area contributed by atoms with E-state index in [1.165, 1.54) is 15.8 Å². The van der Waals surface area contributed by atoms with Crippen molar-refractivity contribution in [2.75, 3.05) is 13.1 Å². The lowest BCUT2D eigenvalue weighted by Crippen LogP contribution is -2.42. The summed E-state index contributed by atoms with van der Waals surface area (Å²) in [4.78, 5) is 14.1. The van der Waals surface area contributed by atoms with Crippen LogP contribution in [0, 0.1) is 0 Å². The fourth-order valence-electron chi connectivity index (χ4n) is 2.62. The van der Waals surface area contributed by atoms with Crippen LogP contribution in [0.1, 0.15) is 56.6 Å². The number of carbonyl (C=O) groups is 1. The average molecular weight is 345 g/mol. The first-order valence-electron chi connectivity index (χ1n) is 8.53. The molecular weight excluding hydrogens is 318 g/mol. The standard InChI is InChI=1S/C19H27N3O3/c1-6-21(12-19(4,5)25)18(24)17-16(23)11-22(20-17)15-9-7-8-14(10-15)13(2)3/h7-11,13,23,25H,6,12H2,1-5H3. The molecular formula is C19H27N3O3. The molecule has 0 atom stereocenters. The molecule has 1 heterocycles. The van der Waals surface area contributed by atoms with Crippen molar-refractivity contribution in [2.45, 2.75) is 46.1 Å². The summed E-state index contributed by atoms with van der Waals surface area (Å²) in [5.41, 5.74) is 0.903. The van der Waals surface area contributed by atoms with Gasteiger partial charge >= 0.3 is 0 Å². The quantitative estimate of drug-likeness (QED) is 0.844. The van der Waals surface area contributed by atoms with Crippen LogP contribution < -0.4 is 0 Å². The van der Waals surface area contributed by atoms with Crippen molar-refractivity contribution in [1.82, 2.24) is 14.7 Å². The van der Waals surface area contributed by atoms with Gasteiger partial charge in [-0.25, -0.2) is 4.68 Å². The van der Waals surface area contributed by atoms with Gasteiger partial charge in [-0.1, -0.05) is 26.0 Å². The minimum atomic E-state index is -1.02. The normalized spacial score (nSPS) is 11.8. The van der Waals surface area contributed by atoms with Crippen LogP contribution in [0.15, 0.2) is 30.5 Å². The molecule has 2 N–H and O–H groups in total. The number of aromatic nitrogens is 2. The van der Waals surface area contributed by atoms with E-state index in [0.29, 0.717) is 12.5 Å². The summed E-state index contributed by atoms with van der Waals surface area (Å²) in [6.07, 6.45) is 1.44. The first-order chi connectivity index (χ1) is 11.6. The molecule has 0 saturated carbocycles. The molecule has 1 amide bonds. The SMILES string of the molecule is CCN(CC(C)(C)O)C(=O)c1nn(-c2cccc(C(C)C)c2)cc1O. The van der Waals surface area contributed by atoms with Gasteiger partial charge in [0.2, 0.25) is 0 Å². The van der Waals surface area contributed by atoms with E-state index in [1.807, 2.05) is 31.2 Å². The number of nitrogens with zero attached hydrogens (tertiary/aromatic N) is 3. The summed E-state index contributed by atoms with van der Waals surface area (Å²) < 4.78 is 1.51. The van der Waals surface area contributed by atoms with E-state index in [2.05, 4.69) is 18.9 Å². The fourth-order valence-corrected chi connectivity index (χ4v) is 2.62. The monoisotopic (exact) mass is 345 g/mol. The van der Waals surface area contributed by atoms with Crippen LogP contribution in [0.3, 0.4) is 0 Å². The number of rotatable bonds is 6. The second kappa shape index (κ2) is 7.27. The van der Waals surface area contributed by atoms with Crippen molar-refractivity contribution in [1.29, 1.82) is 0 Å².